The van der Waals surface area contributed by atoms with Crippen LogP contribution in [0.25, 0.3) is 0 Å². The number of benzene rings is 1. The van der Waals surface area contributed by atoms with E-state index in [0.29, 0.717) is 11.4 Å². The lowest BCUT2D eigenvalue weighted by molar-refractivity contribution is 0.466. The van der Waals surface area contributed by atoms with Crippen molar-refractivity contribution in [3.05, 3.63) is 28.8 Å². The van der Waals surface area contributed by atoms with Crippen LogP contribution in [0.2, 0.25) is 5.02 Å². The van der Waals surface area contributed by atoms with Crippen molar-refractivity contribution in [3.63, 3.8) is 0 Å². The fourth-order valence-corrected chi connectivity index (χ4v) is 1.27. The molecule has 0 aliphatic rings. The summed E-state index contributed by atoms with van der Waals surface area (Å²) >= 11 is 5.71. The molecule has 2 nitrogen and oxygen atoms in total. The Hall–Kier alpha value is -0.730. The largest absolute Gasteiger partial charge is 0.506 e. The molecule has 0 aliphatic heterocycles. The van der Waals surface area contributed by atoms with Gasteiger partial charge in [0, 0.05) is 6.04 Å². The molecule has 0 bridgehead atoms. The molecule has 1 rings (SSSR count). The molecular weight excluding hydrogens is 174 g/mol. The van der Waals surface area contributed by atoms with Crippen LogP contribution in [0.15, 0.2) is 18.2 Å². The Morgan fingerprint density at radius 2 is 2.25 bits per heavy atom. The molecule has 0 amide bonds. The fraction of sp³-hybridized carbons (Fsp3) is 0.333. The monoisotopic (exact) mass is 185 g/mol. The lowest BCUT2D eigenvalue weighted by Gasteiger charge is -2.07. The summed E-state index contributed by atoms with van der Waals surface area (Å²) in [6.45, 7) is 1.89. The van der Waals surface area contributed by atoms with Crippen molar-refractivity contribution in [2.24, 2.45) is 5.73 Å². The minimum atomic E-state index is 0.0365. The van der Waals surface area contributed by atoms with Gasteiger partial charge in [-0.1, -0.05) is 23.7 Å². The van der Waals surface area contributed by atoms with E-state index in [2.05, 4.69) is 0 Å². The zero-order chi connectivity index (χ0) is 9.14. The molecule has 1 atom stereocenters. The summed E-state index contributed by atoms with van der Waals surface area (Å²) in [5, 5.41) is 9.84. The van der Waals surface area contributed by atoms with Gasteiger partial charge in [-0.3, -0.25) is 0 Å². The van der Waals surface area contributed by atoms with Crippen molar-refractivity contribution < 1.29 is 5.11 Å². The highest BCUT2D eigenvalue weighted by atomic mass is 35.5. The summed E-state index contributed by atoms with van der Waals surface area (Å²) in [6, 6.07) is 5.32. The van der Waals surface area contributed by atoms with Crippen LogP contribution in [0.4, 0.5) is 0 Å². The highest BCUT2D eigenvalue weighted by molar-refractivity contribution is 6.32. The molecule has 1 aromatic carbocycles. The van der Waals surface area contributed by atoms with Crippen LogP contribution in [0, 0.1) is 0 Å². The zero-order valence-electron chi connectivity index (χ0n) is 6.92. The van der Waals surface area contributed by atoms with Crippen molar-refractivity contribution in [1.82, 2.24) is 0 Å². The zero-order valence-corrected chi connectivity index (χ0v) is 7.67. The highest BCUT2D eigenvalue weighted by Gasteiger charge is 2.06. The highest BCUT2D eigenvalue weighted by Crippen LogP contribution is 2.27. The summed E-state index contributed by atoms with van der Waals surface area (Å²) in [7, 11) is 0. The van der Waals surface area contributed by atoms with Crippen LogP contribution in [0.1, 0.15) is 12.5 Å². The molecule has 0 aliphatic carbocycles. The molecular formula is C9H12ClNO. The quantitative estimate of drug-likeness (QED) is 0.740. The second kappa shape index (κ2) is 3.78. The predicted octanol–water partition coefficient (Wildman–Crippen LogP) is 1.94. The summed E-state index contributed by atoms with van der Waals surface area (Å²) in [5.74, 6) is 0.150. The Morgan fingerprint density at radius 3 is 2.83 bits per heavy atom. The van der Waals surface area contributed by atoms with Gasteiger partial charge < -0.3 is 10.8 Å². The number of phenols is 1. The van der Waals surface area contributed by atoms with E-state index in [1.807, 2.05) is 13.0 Å². The van der Waals surface area contributed by atoms with E-state index in [1.54, 1.807) is 12.1 Å². The second-order valence-corrected chi connectivity index (χ2v) is 3.34. The van der Waals surface area contributed by atoms with Gasteiger partial charge in [0.05, 0.1) is 5.02 Å². The number of hydrogen-bond donors (Lipinski definition) is 2. The first-order chi connectivity index (χ1) is 5.61. The maximum absolute atomic E-state index is 9.46. The molecule has 12 heavy (non-hydrogen) atoms. The molecule has 0 unspecified atom stereocenters. The predicted molar refractivity (Wildman–Crippen MR) is 50.5 cm³/mol. The molecule has 0 heterocycles. The van der Waals surface area contributed by atoms with Crippen LogP contribution >= 0.6 is 11.6 Å². The topological polar surface area (TPSA) is 46.2 Å². The van der Waals surface area contributed by atoms with Crippen molar-refractivity contribution in [3.8, 4) is 5.75 Å². The van der Waals surface area contributed by atoms with Crippen LogP contribution in [-0.4, -0.2) is 11.1 Å². The van der Waals surface area contributed by atoms with Crippen molar-refractivity contribution in [2.45, 2.75) is 19.4 Å². The van der Waals surface area contributed by atoms with Crippen molar-refractivity contribution in [2.75, 3.05) is 0 Å². The van der Waals surface area contributed by atoms with E-state index in [-0.39, 0.29) is 11.8 Å². The third-order valence-corrected chi connectivity index (χ3v) is 1.92. The van der Waals surface area contributed by atoms with E-state index < -0.39 is 0 Å². The van der Waals surface area contributed by atoms with Gasteiger partial charge in [-0.25, -0.2) is 0 Å². The Kier molecular flexibility index (Phi) is 2.95. The maximum atomic E-state index is 9.46. The van der Waals surface area contributed by atoms with Gasteiger partial charge in [0.2, 0.25) is 0 Å². The molecule has 0 saturated heterocycles. The molecule has 3 N–H and O–H groups in total. The van der Waals surface area contributed by atoms with Gasteiger partial charge in [-0.2, -0.15) is 0 Å². The standard InChI is InChI=1S/C9H12ClNO/c1-6(11)5-7-3-2-4-8(10)9(7)12/h2-4,6,12H,5,11H2,1H3/t6-/m0/s1. The van der Waals surface area contributed by atoms with Crippen LogP contribution in [0.5, 0.6) is 5.75 Å². The van der Waals surface area contributed by atoms with Crippen LogP contribution in [-0.2, 0) is 6.42 Å². The molecule has 0 spiro atoms. The van der Waals surface area contributed by atoms with Gasteiger partial charge in [0.15, 0.2) is 0 Å². The molecule has 0 fully saturated rings. The third kappa shape index (κ3) is 2.13. The number of rotatable bonds is 2. The second-order valence-electron chi connectivity index (χ2n) is 2.93. The van der Waals surface area contributed by atoms with Crippen molar-refractivity contribution >= 4 is 11.6 Å². The smallest absolute Gasteiger partial charge is 0.137 e. The van der Waals surface area contributed by atoms with E-state index in [9.17, 15) is 5.11 Å². The van der Waals surface area contributed by atoms with Gasteiger partial charge >= 0.3 is 0 Å². The first kappa shape index (κ1) is 9.36. The lowest BCUT2D eigenvalue weighted by Crippen LogP contribution is -2.17. The van der Waals surface area contributed by atoms with Crippen LogP contribution in [0.3, 0.4) is 0 Å². The fourth-order valence-electron chi connectivity index (χ4n) is 1.07. The molecule has 0 aromatic heterocycles. The van der Waals surface area contributed by atoms with Gasteiger partial charge in [-0.15, -0.1) is 0 Å². The SMILES string of the molecule is C[C@H](N)Cc1cccc(Cl)c1O. The van der Waals surface area contributed by atoms with Gasteiger partial charge in [-0.05, 0) is 25.0 Å². The molecule has 66 valence electrons. The van der Waals surface area contributed by atoms with E-state index in [1.165, 1.54) is 0 Å². The first-order valence-corrected chi connectivity index (χ1v) is 4.21. The van der Waals surface area contributed by atoms with E-state index in [4.69, 9.17) is 17.3 Å². The van der Waals surface area contributed by atoms with Gasteiger partial charge in [0.25, 0.3) is 0 Å². The Balaban J connectivity index is 2.92. The molecule has 1 aromatic rings. The normalized spacial score (nSPS) is 12.9. The number of aromatic hydroxyl groups is 1. The maximum Gasteiger partial charge on any atom is 0.137 e. The van der Waals surface area contributed by atoms with Crippen LogP contribution < -0.4 is 5.73 Å². The number of phenolic OH excluding ortho intramolecular Hbond substituents is 1. The third-order valence-electron chi connectivity index (χ3n) is 1.61. The summed E-state index contributed by atoms with van der Waals surface area (Å²) in [6.07, 6.45) is 0.645. The Morgan fingerprint density at radius 1 is 1.58 bits per heavy atom. The summed E-state index contributed by atoms with van der Waals surface area (Å²) < 4.78 is 0. The molecule has 0 radical (unpaired) electrons. The summed E-state index contributed by atoms with van der Waals surface area (Å²) in [4.78, 5) is 0. The number of nitrogens with two attached hydrogens (primary N) is 1. The average molecular weight is 186 g/mol. The first-order valence-electron chi connectivity index (χ1n) is 3.83. The van der Waals surface area contributed by atoms with E-state index >= 15 is 0 Å². The van der Waals surface area contributed by atoms with Crippen molar-refractivity contribution in [1.29, 1.82) is 0 Å². The number of halogens is 1. The number of hydrogen-bond acceptors (Lipinski definition) is 2. The number of para-hydroxylation sites is 1. The molecule has 0 saturated carbocycles. The lowest BCUT2D eigenvalue weighted by atomic mass is 10.1. The van der Waals surface area contributed by atoms with E-state index in [0.717, 1.165) is 5.56 Å². The Bertz CT molecular complexity index is 273. The minimum Gasteiger partial charge on any atom is -0.506 e. The van der Waals surface area contributed by atoms with Gasteiger partial charge in [0.1, 0.15) is 5.75 Å². The Labute approximate surface area is 77.0 Å². The molecule has 3 heteroatoms. The minimum absolute atomic E-state index is 0.0365. The summed E-state index contributed by atoms with van der Waals surface area (Å²) in [5.41, 5.74) is 6.39. The average Bonchev–Trinajstić information content (AvgIpc) is 1.98.